The van der Waals surface area contributed by atoms with Gasteiger partial charge in [0.05, 0.1) is 5.69 Å². The number of piperidine rings is 1. The van der Waals surface area contributed by atoms with Crippen LogP contribution in [0, 0.1) is 6.92 Å². The minimum Gasteiger partial charge on any atom is -0.354 e. The molecule has 29 heavy (non-hydrogen) atoms. The van der Waals surface area contributed by atoms with Crippen molar-refractivity contribution >= 4 is 16.6 Å². The van der Waals surface area contributed by atoms with Gasteiger partial charge in [-0.25, -0.2) is 4.98 Å². The zero-order valence-electron chi connectivity index (χ0n) is 16.6. The van der Waals surface area contributed by atoms with Crippen molar-refractivity contribution in [1.29, 1.82) is 0 Å². The van der Waals surface area contributed by atoms with Crippen molar-refractivity contribution in [3.05, 3.63) is 78.3 Å². The summed E-state index contributed by atoms with van der Waals surface area (Å²) in [5.74, 6) is 2.52. The number of rotatable bonds is 4. The number of aromatic nitrogens is 5. The van der Waals surface area contributed by atoms with Crippen LogP contribution in [-0.2, 0) is 6.54 Å². The first-order valence-electron chi connectivity index (χ1n) is 10.2. The van der Waals surface area contributed by atoms with Crippen LogP contribution in [0.1, 0.15) is 35.8 Å². The minimum atomic E-state index is 0.377. The molecule has 1 aliphatic heterocycles. The Kier molecular flexibility index (Phi) is 4.68. The quantitative estimate of drug-likeness (QED) is 0.533. The molecule has 1 aliphatic rings. The number of fused-ring (bicyclic) bond motifs is 1. The van der Waals surface area contributed by atoms with Gasteiger partial charge in [0.25, 0.3) is 0 Å². The molecule has 6 nitrogen and oxygen atoms in total. The van der Waals surface area contributed by atoms with Gasteiger partial charge in [0, 0.05) is 61.1 Å². The van der Waals surface area contributed by atoms with E-state index >= 15 is 0 Å². The van der Waals surface area contributed by atoms with Gasteiger partial charge in [-0.1, -0.05) is 24.3 Å². The Bertz CT molecular complexity index is 1120. The summed E-state index contributed by atoms with van der Waals surface area (Å²) in [6.07, 6.45) is 9.94. The maximum Gasteiger partial charge on any atom is 0.159 e. The van der Waals surface area contributed by atoms with E-state index in [1.807, 2.05) is 25.5 Å². The van der Waals surface area contributed by atoms with Crippen molar-refractivity contribution < 1.29 is 0 Å². The van der Waals surface area contributed by atoms with Crippen LogP contribution in [0.5, 0.6) is 0 Å². The van der Waals surface area contributed by atoms with E-state index in [1.54, 1.807) is 0 Å². The zero-order chi connectivity index (χ0) is 19.6. The van der Waals surface area contributed by atoms with Crippen molar-refractivity contribution in [3.63, 3.8) is 0 Å². The molecule has 5 rings (SSSR count). The summed E-state index contributed by atoms with van der Waals surface area (Å²) in [5.41, 5.74) is 2.22. The molecule has 0 N–H and O–H groups in total. The highest BCUT2D eigenvalue weighted by molar-refractivity contribution is 5.93. The van der Waals surface area contributed by atoms with Crippen LogP contribution < -0.4 is 4.90 Å². The summed E-state index contributed by atoms with van der Waals surface area (Å²) in [6, 6.07) is 12.5. The molecule has 0 radical (unpaired) electrons. The van der Waals surface area contributed by atoms with Gasteiger partial charge in [-0.2, -0.15) is 5.10 Å². The van der Waals surface area contributed by atoms with E-state index in [2.05, 4.69) is 67.2 Å². The molecule has 3 aromatic heterocycles. The Balaban J connectivity index is 1.43. The Morgan fingerprint density at radius 3 is 2.69 bits per heavy atom. The molecule has 4 heterocycles. The van der Waals surface area contributed by atoms with Gasteiger partial charge in [-0.3, -0.25) is 4.98 Å². The number of nitrogens with zero attached hydrogens (tertiary/aromatic N) is 6. The highest BCUT2D eigenvalue weighted by Gasteiger charge is 2.27. The van der Waals surface area contributed by atoms with Gasteiger partial charge in [0.1, 0.15) is 5.82 Å². The van der Waals surface area contributed by atoms with E-state index in [9.17, 15) is 0 Å². The third-order valence-electron chi connectivity index (χ3n) is 5.79. The van der Waals surface area contributed by atoms with E-state index in [0.29, 0.717) is 5.92 Å². The molecule has 1 atom stereocenters. The lowest BCUT2D eigenvalue weighted by molar-refractivity contribution is 0.474. The molecule has 0 unspecified atom stereocenters. The van der Waals surface area contributed by atoms with Gasteiger partial charge in [0.15, 0.2) is 5.82 Å². The van der Waals surface area contributed by atoms with E-state index in [1.165, 1.54) is 16.3 Å². The number of pyridine rings is 1. The highest BCUT2D eigenvalue weighted by Crippen LogP contribution is 2.32. The maximum absolute atomic E-state index is 4.73. The molecular weight excluding hydrogens is 360 g/mol. The van der Waals surface area contributed by atoms with E-state index in [0.717, 1.165) is 49.8 Å². The number of benzene rings is 1. The van der Waals surface area contributed by atoms with Crippen LogP contribution in [0.3, 0.4) is 0 Å². The molecule has 1 fully saturated rings. The molecule has 1 saturated heterocycles. The fourth-order valence-corrected chi connectivity index (χ4v) is 4.34. The van der Waals surface area contributed by atoms with Gasteiger partial charge in [-0.15, -0.1) is 5.10 Å². The van der Waals surface area contributed by atoms with Gasteiger partial charge in [0.2, 0.25) is 0 Å². The van der Waals surface area contributed by atoms with Crippen molar-refractivity contribution in [2.75, 3.05) is 18.0 Å². The Morgan fingerprint density at radius 2 is 1.83 bits per heavy atom. The summed E-state index contributed by atoms with van der Waals surface area (Å²) in [5, 5.41) is 11.4. The SMILES string of the molecule is Cc1nnc(N2CCC[C@H](c3nccn3Cc3ccncc3)C2)c2ccccc12. The van der Waals surface area contributed by atoms with Crippen LogP contribution in [-0.4, -0.2) is 37.8 Å². The lowest BCUT2D eigenvalue weighted by Crippen LogP contribution is -2.36. The Hall–Kier alpha value is -3.28. The molecule has 0 aliphatic carbocycles. The van der Waals surface area contributed by atoms with Gasteiger partial charge < -0.3 is 9.47 Å². The van der Waals surface area contributed by atoms with Gasteiger partial charge >= 0.3 is 0 Å². The standard InChI is InChI=1S/C23H24N6/c1-17-20-6-2-3-7-21(20)23(27-26-17)28-13-4-5-19(16-28)22-25-12-14-29(22)15-18-8-10-24-11-9-18/h2-3,6-12,14,19H,4-5,13,15-16H2,1H3/t19-/m0/s1. The molecule has 0 spiro atoms. The van der Waals surface area contributed by atoms with Crippen LogP contribution in [0.2, 0.25) is 0 Å². The highest BCUT2D eigenvalue weighted by atomic mass is 15.3. The summed E-state index contributed by atoms with van der Waals surface area (Å²) in [4.78, 5) is 11.2. The van der Waals surface area contributed by atoms with Gasteiger partial charge in [-0.05, 0) is 37.5 Å². The first-order valence-corrected chi connectivity index (χ1v) is 10.2. The first kappa shape index (κ1) is 17.8. The molecule has 146 valence electrons. The van der Waals surface area contributed by atoms with Crippen molar-refractivity contribution in [3.8, 4) is 0 Å². The Morgan fingerprint density at radius 1 is 1.00 bits per heavy atom. The largest absolute Gasteiger partial charge is 0.354 e. The molecular formula is C23H24N6. The fraction of sp³-hybridized carbons (Fsp3) is 0.304. The van der Waals surface area contributed by atoms with E-state index < -0.39 is 0 Å². The summed E-state index contributed by atoms with van der Waals surface area (Å²) in [7, 11) is 0. The normalized spacial score (nSPS) is 17.0. The lowest BCUT2D eigenvalue weighted by atomic mass is 9.96. The number of hydrogen-bond acceptors (Lipinski definition) is 5. The second-order valence-electron chi connectivity index (χ2n) is 7.71. The minimum absolute atomic E-state index is 0.377. The third kappa shape index (κ3) is 3.46. The first-order chi connectivity index (χ1) is 14.3. The second-order valence-corrected chi connectivity index (χ2v) is 7.71. The molecule has 0 bridgehead atoms. The Labute approximate surface area is 170 Å². The zero-order valence-corrected chi connectivity index (χ0v) is 16.6. The predicted octanol–water partition coefficient (Wildman–Crippen LogP) is 3.96. The number of aryl methyl sites for hydroxylation is 1. The van der Waals surface area contributed by atoms with Crippen molar-refractivity contribution in [2.45, 2.75) is 32.2 Å². The lowest BCUT2D eigenvalue weighted by Gasteiger charge is -2.34. The van der Waals surface area contributed by atoms with E-state index in [-0.39, 0.29) is 0 Å². The predicted molar refractivity (Wildman–Crippen MR) is 114 cm³/mol. The van der Waals surface area contributed by atoms with Crippen LogP contribution >= 0.6 is 0 Å². The second kappa shape index (κ2) is 7.62. The average molecular weight is 384 g/mol. The van der Waals surface area contributed by atoms with E-state index in [4.69, 9.17) is 4.98 Å². The van der Waals surface area contributed by atoms with Crippen LogP contribution in [0.15, 0.2) is 61.2 Å². The fourth-order valence-electron chi connectivity index (χ4n) is 4.34. The molecule has 0 amide bonds. The summed E-state index contributed by atoms with van der Waals surface area (Å²) in [6.45, 7) is 4.76. The molecule has 0 saturated carbocycles. The maximum atomic E-state index is 4.73. The summed E-state index contributed by atoms with van der Waals surface area (Å²) >= 11 is 0. The number of anilines is 1. The smallest absolute Gasteiger partial charge is 0.159 e. The monoisotopic (exact) mass is 384 g/mol. The average Bonchev–Trinajstić information content (AvgIpc) is 3.23. The summed E-state index contributed by atoms with van der Waals surface area (Å²) < 4.78 is 2.27. The molecule has 4 aromatic rings. The molecule has 6 heteroatoms. The third-order valence-corrected chi connectivity index (χ3v) is 5.79. The van der Waals surface area contributed by atoms with Crippen LogP contribution in [0.25, 0.3) is 10.8 Å². The molecule has 1 aromatic carbocycles. The number of imidazole rings is 1. The van der Waals surface area contributed by atoms with Crippen molar-refractivity contribution in [1.82, 2.24) is 24.7 Å². The number of hydrogen-bond donors (Lipinski definition) is 0. The van der Waals surface area contributed by atoms with Crippen LogP contribution in [0.4, 0.5) is 5.82 Å². The van der Waals surface area contributed by atoms with Crippen molar-refractivity contribution in [2.24, 2.45) is 0 Å². The topological polar surface area (TPSA) is 59.7 Å².